The molecule has 1 fully saturated rings. The van der Waals surface area contributed by atoms with Gasteiger partial charge >= 0.3 is 24.4 Å². The average Bonchev–Trinajstić information content (AvgIpc) is 3.35. The van der Waals surface area contributed by atoms with Crippen molar-refractivity contribution >= 4 is 12.1 Å². The number of amides is 1. The quantitative estimate of drug-likeness (QED) is 0.142. The molecule has 4 aromatic rings. The zero-order valence-corrected chi connectivity index (χ0v) is 24.2. The van der Waals surface area contributed by atoms with E-state index in [1.54, 1.807) is 78.9 Å². The van der Waals surface area contributed by atoms with Crippen molar-refractivity contribution in [3.8, 4) is 0 Å². The minimum atomic E-state index is -5.07. The van der Waals surface area contributed by atoms with Crippen LogP contribution in [0.4, 0.5) is 31.1 Å². The predicted octanol–water partition coefficient (Wildman–Crippen LogP) is 8.59. The van der Waals surface area contributed by atoms with Crippen molar-refractivity contribution in [2.45, 2.75) is 43.8 Å². The molecule has 46 heavy (non-hydrogen) atoms. The summed E-state index contributed by atoms with van der Waals surface area (Å²) in [5.41, 5.74) is -4.22. The monoisotopic (exact) mass is 643 g/mol. The summed E-state index contributed by atoms with van der Waals surface area (Å²) < 4.78 is 98.8. The molecule has 240 valence electrons. The van der Waals surface area contributed by atoms with E-state index in [1.807, 2.05) is 0 Å². The van der Waals surface area contributed by atoms with Gasteiger partial charge in [0.25, 0.3) is 0 Å². The van der Waals surface area contributed by atoms with E-state index in [0.717, 1.165) is 4.90 Å². The number of carbonyl (C=O) groups excluding carboxylic acids is 2. The lowest BCUT2D eigenvalue weighted by atomic mass is 9.89. The smallest absolute Gasteiger partial charge is 0.416 e. The van der Waals surface area contributed by atoms with Gasteiger partial charge in [0, 0.05) is 5.56 Å². The van der Waals surface area contributed by atoms with Gasteiger partial charge in [0.15, 0.2) is 5.54 Å². The minimum absolute atomic E-state index is 0.0188. The summed E-state index contributed by atoms with van der Waals surface area (Å²) >= 11 is 0. The second kappa shape index (κ2) is 12.9. The van der Waals surface area contributed by atoms with Crippen LogP contribution in [0.2, 0.25) is 0 Å². The van der Waals surface area contributed by atoms with E-state index in [2.05, 4.69) is 0 Å². The van der Waals surface area contributed by atoms with Crippen LogP contribution in [-0.4, -0.2) is 23.6 Å². The number of esters is 1. The highest BCUT2D eigenvalue weighted by atomic mass is 19.4. The lowest BCUT2D eigenvalue weighted by Crippen LogP contribution is -2.52. The van der Waals surface area contributed by atoms with Crippen LogP contribution < -0.4 is 0 Å². The number of carbonyl (C=O) groups is 2. The molecule has 4 aromatic carbocycles. The maximum Gasteiger partial charge on any atom is 0.416 e. The van der Waals surface area contributed by atoms with Gasteiger partial charge < -0.3 is 14.2 Å². The van der Waals surface area contributed by atoms with Crippen LogP contribution in [-0.2, 0) is 43.5 Å². The first-order valence-electron chi connectivity index (χ1n) is 14.0. The highest BCUT2D eigenvalue weighted by molar-refractivity contribution is 5.90. The van der Waals surface area contributed by atoms with Crippen molar-refractivity contribution in [3.05, 3.63) is 143 Å². The number of hydrogen-bond donors (Lipinski definition) is 0. The molecule has 2 unspecified atom stereocenters. The fourth-order valence-corrected chi connectivity index (χ4v) is 5.16. The topological polar surface area (TPSA) is 65.1 Å². The third-order valence-electron chi connectivity index (χ3n) is 7.56. The van der Waals surface area contributed by atoms with Gasteiger partial charge in [-0.25, -0.2) is 14.5 Å². The summed E-state index contributed by atoms with van der Waals surface area (Å²) in [4.78, 5) is 28.9. The predicted molar refractivity (Wildman–Crippen MR) is 153 cm³/mol. The normalized spacial score (nSPS) is 19.1. The van der Waals surface area contributed by atoms with Gasteiger partial charge in [-0.3, -0.25) is 0 Å². The molecule has 1 aliphatic rings. The molecular weight excluding hydrogens is 616 g/mol. The molecule has 1 heterocycles. The fraction of sp³-hybridized carbons (Fsp3) is 0.235. The highest BCUT2D eigenvalue weighted by Gasteiger charge is 2.60. The first-order valence-corrected chi connectivity index (χ1v) is 14.0. The van der Waals surface area contributed by atoms with Gasteiger partial charge in [0.05, 0.1) is 23.8 Å². The lowest BCUT2D eigenvalue weighted by molar-refractivity contribution is -0.148. The van der Waals surface area contributed by atoms with E-state index in [9.17, 15) is 35.9 Å². The Morgan fingerprint density at radius 3 is 1.89 bits per heavy atom. The summed E-state index contributed by atoms with van der Waals surface area (Å²) in [6.45, 7) is 0.387. The average molecular weight is 644 g/mol. The lowest BCUT2D eigenvalue weighted by Gasteiger charge is -2.36. The SMILES string of the molecule is CC(OC[C@@]1(c2ccccc2)C(=O)OC(c2ccccc2)N1C(=O)OCc1ccccc1)c1cc(C(F)(F)F)cc(C(F)(F)F)c1. The Labute approximate surface area is 260 Å². The van der Waals surface area contributed by atoms with E-state index < -0.39 is 65.6 Å². The zero-order valence-electron chi connectivity index (χ0n) is 24.2. The maximum atomic E-state index is 13.9. The fourth-order valence-electron chi connectivity index (χ4n) is 5.16. The molecule has 5 rings (SSSR count). The van der Waals surface area contributed by atoms with Gasteiger partial charge in [-0.1, -0.05) is 91.0 Å². The molecule has 1 aliphatic heterocycles. The largest absolute Gasteiger partial charge is 0.444 e. The van der Waals surface area contributed by atoms with E-state index in [0.29, 0.717) is 23.3 Å². The van der Waals surface area contributed by atoms with Crippen LogP contribution >= 0.6 is 0 Å². The summed E-state index contributed by atoms with van der Waals surface area (Å²) in [6, 6.07) is 26.1. The third-order valence-corrected chi connectivity index (χ3v) is 7.56. The van der Waals surface area contributed by atoms with Crippen molar-refractivity contribution < 1.29 is 50.1 Å². The van der Waals surface area contributed by atoms with E-state index >= 15 is 0 Å². The minimum Gasteiger partial charge on any atom is -0.444 e. The van der Waals surface area contributed by atoms with Gasteiger partial charge in [-0.2, -0.15) is 26.3 Å². The second-order valence-electron chi connectivity index (χ2n) is 10.6. The van der Waals surface area contributed by atoms with Crippen LogP contribution in [0.5, 0.6) is 0 Å². The van der Waals surface area contributed by atoms with Crippen LogP contribution in [0.3, 0.4) is 0 Å². The van der Waals surface area contributed by atoms with Gasteiger partial charge in [-0.15, -0.1) is 0 Å². The molecular formula is C34H27F6NO5. The Balaban J connectivity index is 1.56. The van der Waals surface area contributed by atoms with Crippen molar-refractivity contribution in [2.75, 3.05) is 6.61 Å². The first kappa shape index (κ1) is 32.6. The molecule has 1 saturated heterocycles. The van der Waals surface area contributed by atoms with Gasteiger partial charge in [-0.05, 0) is 41.8 Å². The Morgan fingerprint density at radius 1 is 0.826 bits per heavy atom. The molecule has 0 N–H and O–H groups in total. The van der Waals surface area contributed by atoms with Gasteiger partial charge in [0.2, 0.25) is 6.23 Å². The van der Waals surface area contributed by atoms with Crippen LogP contribution in [0.1, 0.15) is 52.6 Å². The van der Waals surface area contributed by atoms with E-state index in [1.165, 1.54) is 19.1 Å². The standard InChI is InChI=1S/C34H27F6NO5/c1-22(25-17-27(33(35,36)37)19-28(18-25)34(38,39)40)45-21-32(26-15-9-4-10-16-26)30(42)46-29(24-13-7-3-8-14-24)41(32)31(43)44-20-23-11-5-2-6-12-23/h2-19,22,29H,20-21H2,1H3/t22?,29?,32-/m1/s1. The molecule has 12 heteroatoms. The molecule has 0 aromatic heterocycles. The molecule has 6 nitrogen and oxygen atoms in total. The number of ether oxygens (including phenoxy) is 3. The summed E-state index contributed by atoms with van der Waals surface area (Å²) in [5, 5.41) is 0. The molecule has 0 bridgehead atoms. The van der Waals surface area contributed by atoms with Crippen molar-refractivity contribution in [2.24, 2.45) is 0 Å². The number of alkyl halides is 6. The molecule has 0 saturated carbocycles. The summed E-state index contributed by atoms with van der Waals surface area (Å²) in [6.07, 6.45) is -13.8. The molecule has 0 aliphatic carbocycles. The second-order valence-corrected chi connectivity index (χ2v) is 10.6. The highest BCUT2D eigenvalue weighted by Crippen LogP contribution is 2.46. The number of nitrogens with zero attached hydrogens (tertiary/aromatic N) is 1. The molecule has 0 radical (unpaired) electrons. The van der Waals surface area contributed by atoms with Crippen molar-refractivity contribution in [1.82, 2.24) is 4.90 Å². The number of halogens is 6. The molecule has 0 spiro atoms. The Bertz CT molecular complexity index is 1630. The number of benzene rings is 4. The molecule has 1 amide bonds. The van der Waals surface area contributed by atoms with Crippen LogP contribution in [0.25, 0.3) is 0 Å². The van der Waals surface area contributed by atoms with E-state index in [4.69, 9.17) is 14.2 Å². The Kier molecular flexibility index (Phi) is 9.11. The Hall–Kier alpha value is -4.84. The van der Waals surface area contributed by atoms with Crippen LogP contribution in [0.15, 0.2) is 109 Å². The van der Waals surface area contributed by atoms with Crippen molar-refractivity contribution in [3.63, 3.8) is 0 Å². The van der Waals surface area contributed by atoms with Crippen LogP contribution in [0, 0.1) is 0 Å². The summed E-state index contributed by atoms with van der Waals surface area (Å²) in [7, 11) is 0. The Morgan fingerprint density at radius 2 is 1.35 bits per heavy atom. The third kappa shape index (κ3) is 6.71. The number of cyclic esters (lactones) is 1. The number of hydrogen-bond acceptors (Lipinski definition) is 5. The van der Waals surface area contributed by atoms with Gasteiger partial charge in [0.1, 0.15) is 6.61 Å². The van der Waals surface area contributed by atoms with E-state index in [-0.39, 0.29) is 18.2 Å². The van der Waals surface area contributed by atoms with Crippen molar-refractivity contribution in [1.29, 1.82) is 0 Å². The summed E-state index contributed by atoms with van der Waals surface area (Å²) in [5.74, 6) is -0.934. The first-order chi connectivity index (χ1) is 21.8. The maximum absolute atomic E-state index is 13.9. The number of rotatable bonds is 8. The zero-order chi connectivity index (χ0) is 33.1. The molecule has 3 atom stereocenters.